The highest BCUT2D eigenvalue weighted by Gasteiger charge is 2.36. The third kappa shape index (κ3) is 3.23. The summed E-state index contributed by atoms with van der Waals surface area (Å²) >= 11 is 0. The summed E-state index contributed by atoms with van der Waals surface area (Å²) in [6.45, 7) is 6.54. The van der Waals surface area contributed by atoms with E-state index >= 15 is 0 Å². The lowest BCUT2D eigenvalue weighted by atomic mass is 9.64. The molecule has 2 fully saturated rings. The fraction of sp³-hybridized carbons (Fsp3) is 1.00. The Morgan fingerprint density at radius 2 is 1.59 bits per heavy atom. The van der Waals surface area contributed by atoms with Crippen LogP contribution in [0.2, 0.25) is 0 Å². The van der Waals surface area contributed by atoms with Crippen LogP contribution < -0.4 is 11.1 Å². The number of rotatable bonds is 7. The predicted octanol–water partition coefficient (Wildman–Crippen LogP) is 2.78. The maximum atomic E-state index is 5.84. The molecule has 3 N–H and O–H groups in total. The van der Waals surface area contributed by atoms with Crippen molar-refractivity contribution in [3.05, 3.63) is 0 Å². The van der Waals surface area contributed by atoms with Crippen molar-refractivity contribution in [2.24, 2.45) is 29.4 Å². The zero-order valence-corrected chi connectivity index (χ0v) is 11.6. The molecule has 2 aliphatic carbocycles. The van der Waals surface area contributed by atoms with Crippen LogP contribution in [0.4, 0.5) is 0 Å². The first-order valence-electron chi connectivity index (χ1n) is 7.65. The van der Waals surface area contributed by atoms with Crippen molar-refractivity contribution in [2.75, 3.05) is 13.1 Å². The third-order valence-corrected chi connectivity index (χ3v) is 5.19. The van der Waals surface area contributed by atoms with Crippen LogP contribution in [-0.4, -0.2) is 19.1 Å². The van der Waals surface area contributed by atoms with E-state index in [1.54, 1.807) is 0 Å². The summed E-state index contributed by atoms with van der Waals surface area (Å²) in [5, 5.41) is 3.74. The Bertz CT molecular complexity index is 205. The maximum absolute atomic E-state index is 5.84. The molecular formula is C15H30N2. The van der Waals surface area contributed by atoms with Gasteiger partial charge < -0.3 is 11.1 Å². The molecule has 0 bridgehead atoms. The number of nitrogens with two attached hydrogens (primary N) is 1. The number of nitrogens with one attached hydrogen (secondary N) is 1. The molecule has 0 aromatic rings. The van der Waals surface area contributed by atoms with E-state index in [0.717, 1.165) is 24.3 Å². The lowest BCUT2D eigenvalue weighted by molar-refractivity contribution is 0.0879. The monoisotopic (exact) mass is 238 g/mol. The van der Waals surface area contributed by atoms with Crippen molar-refractivity contribution < 1.29 is 0 Å². The van der Waals surface area contributed by atoms with Crippen LogP contribution >= 0.6 is 0 Å². The summed E-state index contributed by atoms with van der Waals surface area (Å²) in [6.07, 6.45) is 8.88. The number of hydrogen-bond acceptors (Lipinski definition) is 2. The maximum Gasteiger partial charge on any atom is 0.0213 e. The summed E-state index contributed by atoms with van der Waals surface area (Å²) in [5.74, 6) is 3.66. The summed E-state index contributed by atoms with van der Waals surface area (Å²) in [6, 6.07) is 0.512. The zero-order valence-electron chi connectivity index (χ0n) is 11.6. The van der Waals surface area contributed by atoms with Crippen LogP contribution in [0.5, 0.6) is 0 Å². The van der Waals surface area contributed by atoms with Crippen LogP contribution in [0.15, 0.2) is 0 Å². The summed E-state index contributed by atoms with van der Waals surface area (Å²) < 4.78 is 0. The van der Waals surface area contributed by atoms with Crippen molar-refractivity contribution in [1.29, 1.82) is 0 Å². The van der Waals surface area contributed by atoms with Gasteiger partial charge in [0.1, 0.15) is 0 Å². The van der Waals surface area contributed by atoms with Crippen LogP contribution in [0.3, 0.4) is 0 Å². The van der Waals surface area contributed by atoms with E-state index in [2.05, 4.69) is 19.2 Å². The van der Waals surface area contributed by atoms with E-state index in [1.165, 1.54) is 45.1 Å². The second-order valence-corrected chi connectivity index (χ2v) is 6.54. The van der Waals surface area contributed by atoms with Crippen LogP contribution in [0.1, 0.15) is 52.4 Å². The normalized spacial score (nSPS) is 23.8. The Labute approximate surface area is 107 Å². The molecule has 0 aliphatic heterocycles. The smallest absolute Gasteiger partial charge is 0.0213 e. The van der Waals surface area contributed by atoms with E-state index in [0.29, 0.717) is 12.0 Å². The minimum Gasteiger partial charge on any atom is -0.329 e. The third-order valence-electron chi connectivity index (χ3n) is 5.19. The molecule has 0 aromatic heterocycles. The van der Waals surface area contributed by atoms with E-state index in [4.69, 9.17) is 5.73 Å². The summed E-state index contributed by atoms with van der Waals surface area (Å²) in [7, 11) is 0. The second-order valence-electron chi connectivity index (χ2n) is 6.54. The summed E-state index contributed by atoms with van der Waals surface area (Å²) in [5.41, 5.74) is 5.84. The Hall–Kier alpha value is -0.0800. The Balaban J connectivity index is 1.79. The predicted molar refractivity (Wildman–Crippen MR) is 73.9 cm³/mol. The Morgan fingerprint density at radius 3 is 1.88 bits per heavy atom. The van der Waals surface area contributed by atoms with Crippen molar-refractivity contribution in [1.82, 2.24) is 5.32 Å². The average molecular weight is 238 g/mol. The van der Waals surface area contributed by atoms with Gasteiger partial charge in [0.25, 0.3) is 0 Å². The molecule has 17 heavy (non-hydrogen) atoms. The van der Waals surface area contributed by atoms with Gasteiger partial charge in [-0.15, -0.1) is 0 Å². The minimum absolute atomic E-state index is 0.512. The van der Waals surface area contributed by atoms with E-state index in [-0.39, 0.29) is 0 Å². The van der Waals surface area contributed by atoms with Crippen LogP contribution in [0, 0.1) is 23.7 Å². The zero-order chi connectivity index (χ0) is 12.3. The highest BCUT2D eigenvalue weighted by atomic mass is 14.9. The lowest BCUT2D eigenvalue weighted by Crippen LogP contribution is -2.46. The van der Waals surface area contributed by atoms with Gasteiger partial charge in [-0.3, -0.25) is 0 Å². The largest absolute Gasteiger partial charge is 0.329 e. The molecule has 100 valence electrons. The van der Waals surface area contributed by atoms with Crippen molar-refractivity contribution >= 4 is 0 Å². The SMILES string of the molecule is CC(C)C(CN)NCC(C1CCC1)C1CCC1. The van der Waals surface area contributed by atoms with Gasteiger partial charge in [-0.2, -0.15) is 0 Å². The Morgan fingerprint density at radius 1 is 1.06 bits per heavy atom. The summed E-state index contributed by atoms with van der Waals surface area (Å²) in [4.78, 5) is 0. The molecule has 2 saturated carbocycles. The van der Waals surface area contributed by atoms with Gasteiger partial charge in [0.15, 0.2) is 0 Å². The molecule has 2 rings (SSSR count). The van der Waals surface area contributed by atoms with Crippen LogP contribution in [0.25, 0.3) is 0 Å². The van der Waals surface area contributed by atoms with Gasteiger partial charge in [-0.1, -0.05) is 52.4 Å². The molecule has 0 saturated heterocycles. The molecule has 0 amide bonds. The highest BCUT2D eigenvalue weighted by molar-refractivity contribution is 4.88. The van der Waals surface area contributed by atoms with Crippen LogP contribution in [-0.2, 0) is 0 Å². The first-order valence-corrected chi connectivity index (χ1v) is 7.65. The second kappa shape index (κ2) is 6.19. The molecule has 1 unspecified atom stereocenters. The molecule has 1 atom stereocenters. The first-order chi connectivity index (χ1) is 8.22. The van der Waals surface area contributed by atoms with Gasteiger partial charge in [-0.05, 0) is 30.2 Å². The van der Waals surface area contributed by atoms with E-state index in [1.807, 2.05) is 0 Å². The fourth-order valence-corrected chi connectivity index (χ4v) is 3.33. The van der Waals surface area contributed by atoms with E-state index < -0.39 is 0 Å². The molecule has 2 nitrogen and oxygen atoms in total. The molecule has 0 radical (unpaired) electrons. The average Bonchev–Trinajstić information content (AvgIpc) is 2.12. The first kappa shape index (κ1) is 13.4. The number of hydrogen-bond donors (Lipinski definition) is 2. The van der Waals surface area contributed by atoms with Gasteiger partial charge in [0.05, 0.1) is 0 Å². The van der Waals surface area contributed by atoms with Crippen molar-refractivity contribution in [2.45, 2.75) is 58.4 Å². The molecule has 2 heteroatoms. The molecule has 0 spiro atoms. The van der Waals surface area contributed by atoms with Gasteiger partial charge >= 0.3 is 0 Å². The van der Waals surface area contributed by atoms with Gasteiger partial charge in [0.2, 0.25) is 0 Å². The molecule has 0 aromatic carbocycles. The van der Waals surface area contributed by atoms with Crippen molar-refractivity contribution in [3.8, 4) is 0 Å². The quantitative estimate of drug-likeness (QED) is 0.716. The molecular weight excluding hydrogens is 208 g/mol. The Kier molecular flexibility index (Phi) is 4.87. The molecule has 0 heterocycles. The highest BCUT2D eigenvalue weighted by Crippen LogP contribution is 2.44. The minimum atomic E-state index is 0.512. The fourth-order valence-electron chi connectivity index (χ4n) is 3.33. The van der Waals surface area contributed by atoms with Gasteiger partial charge in [-0.25, -0.2) is 0 Å². The van der Waals surface area contributed by atoms with Crippen molar-refractivity contribution in [3.63, 3.8) is 0 Å². The topological polar surface area (TPSA) is 38.0 Å². The van der Waals surface area contributed by atoms with Gasteiger partial charge in [0, 0.05) is 12.6 Å². The molecule has 2 aliphatic rings. The standard InChI is InChI=1S/C15H30N2/c1-11(2)15(9-16)17-10-14(12-5-3-6-12)13-7-4-8-13/h11-15,17H,3-10,16H2,1-2H3. The lowest BCUT2D eigenvalue weighted by Gasteiger charge is -2.43. The van der Waals surface area contributed by atoms with E-state index in [9.17, 15) is 0 Å².